The van der Waals surface area contributed by atoms with E-state index in [1.807, 2.05) is 24.3 Å². The highest BCUT2D eigenvalue weighted by Crippen LogP contribution is 2.36. The van der Waals surface area contributed by atoms with Gasteiger partial charge in [-0.05, 0) is 47.9 Å². The summed E-state index contributed by atoms with van der Waals surface area (Å²) >= 11 is 0. The maximum Gasteiger partial charge on any atom is 0.161 e. The predicted octanol–water partition coefficient (Wildman–Crippen LogP) is 3.36. The summed E-state index contributed by atoms with van der Waals surface area (Å²) in [6.45, 7) is 0.877. The number of benzene rings is 2. The second kappa shape index (κ2) is 7.38. The van der Waals surface area contributed by atoms with Gasteiger partial charge < -0.3 is 24.3 Å². The summed E-state index contributed by atoms with van der Waals surface area (Å²) in [5, 5.41) is 3.47. The van der Waals surface area contributed by atoms with Crippen LogP contribution in [-0.2, 0) is 6.42 Å². The molecule has 1 aliphatic rings. The van der Waals surface area contributed by atoms with Crippen LogP contribution in [0.4, 0.5) is 0 Å². The number of nitrogens with one attached hydrogen (secondary N) is 1. The summed E-state index contributed by atoms with van der Waals surface area (Å²) in [4.78, 5) is 0. The molecule has 0 fully saturated rings. The van der Waals surface area contributed by atoms with E-state index in [0.717, 1.165) is 41.3 Å². The van der Waals surface area contributed by atoms with Crippen molar-refractivity contribution in [3.05, 3.63) is 47.0 Å². The minimum absolute atomic E-state index is 0.709. The lowest BCUT2D eigenvalue weighted by atomic mass is 9.96. The summed E-state index contributed by atoms with van der Waals surface area (Å²) in [6.07, 6.45) is 3.05. The number of rotatable bonds is 5. The summed E-state index contributed by atoms with van der Waals surface area (Å²) < 4.78 is 21.6. The minimum atomic E-state index is 0.709. The average molecular weight is 341 g/mol. The van der Waals surface area contributed by atoms with Crippen molar-refractivity contribution in [2.75, 3.05) is 35.0 Å². The highest BCUT2D eigenvalue weighted by atomic mass is 16.5. The van der Waals surface area contributed by atoms with Crippen LogP contribution in [0.1, 0.15) is 16.7 Å². The molecule has 2 aromatic rings. The fourth-order valence-corrected chi connectivity index (χ4v) is 3.04. The first-order chi connectivity index (χ1) is 12.2. The molecule has 0 atom stereocenters. The molecule has 5 heteroatoms. The third-order valence-electron chi connectivity index (χ3n) is 4.33. The van der Waals surface area contributed by atoms with Crippen LogP contribution in [0.25, 0.3) is 11.8 Å². The van der Waals surface area contributed by atoms with E-state index in [-0.39, 0.29) is 0 Å². The van der Waals surface area contributed by atoms with Gasteiger partial charge in [-0.15, -0.1) is 0 Å². The van der Waals surface area contributed by atoms with Gasteiger partial charge in [-0.3, -0.25) is 0 Å². The molecule has 132 valence electrons. The maximum atomic E-state index is 5.45. The van der Waals surface area contributed by atoms with Crippen molar-refractivity contribution in [2.24, 2.45) is 0 Å². The highest BCUT2D eigenvalue weighted by Gasteiger charge is 2.18. The Morgan fingerprint density at radius 1 is 0.800 bits per heavy atom. The SMILES string of the molecule is COc1ccc(/C=C2\NCCc3cc(OC)c(OC)cc32)cc1OC. The van der Waals surface area contributed by atoms with Crippen LogP contribution in [0, 0.1) is 0 Å². The first-order valence-corrected chi connectivity index (χ1v) is 8.13. The van der Waals surface area contributed by atoms with Crippen molar-refractivity contribution < 1.29 is 18.9 Å². The number of hydrogen-bond acceptors (Lipinski definition) is 5. The molecule has 0 aliphatic carbocycles. The monoisotopic (exact) mass is 341 g/mol. The van der Waals surface area contributed by atoms with Crippen molar-refractivity contribution in [1.82, 2.24) is 5.32 Å². The predicted molar refractivity (Wildman–Crippen MR) is 98.7 cm³/mol. The van der Waals surface area contributed by atoms with Crippen molar-refractivity contribution in [3.63, 3.8) is 0 Å². The highest BCUT2D eigenvalue weighted by molar-refractivity contribution is 5.84. The first-order valence-electron chi connectivity index (χ1n) is 8.13. The van der Waals surface area contributed by atoms with Crippen molar-refractivity contribution in [3.8, 4) is 23.0 Å². The molecule has 0 bridgehead atoms. The number of hydrogen-bond donors (Lipinski definition) is 1. The number of methoxy groups -OCH3 is 4. The smallest absolute Gasteiger partial charge is 0.161 e. The van der Waals surface area contributed by atoms with Crippen LogP contribution in [0.3, 0.4) is 0 Å². The van der Waals surface area contributed by atoms with Gasteiger partial charge in [-0.1, -0.05) is 6.07 Å². The van der Waals surface area contributed by atoms with E-state index in [1.165, 1.54) is 5.56 Å². The molecule has 5 nitrogen and oxygen atoms in total. The molecule has 0 amide bonds. The topological polar surface area (TPSA) is 49.0 Å². The van der Waals surface area contributed by atoms with E-state index < -0.39 is 0 Å². The molecule has 1 heterocycles. The molecule has 1 aliphatic heterocycles. The van der Waals surface area contributed by atoms with Gasteiger partial charge in [0.2, 0.25) is 0 Å². The van der Waals surface area contributed by atoms with Gasteiger partial charge in [0.25, 0.3) is 0 Å². The third-order valence-corrected chi connectivity index (χ3v) is 4.33. The molecule has 0 saturated heterocycles. The second-order valence-corrected chi connectivity index (χ2v) is 5.71. The largest absolute Gasteiger partial charge is 0.493 e. The summed E-state index contributed by atoms with van der Waals surface area (Å²) in [5.41, 5.74) is 4.44. The fourth-order valence-electron chi connectivity index (χ4n) is 3.04. The Balaban J connectivity index is 2.04. The lowest BCUT2D eigenvalue weighted by Gasteiger charge is -2.23. The van der Waals surface area contributed by atoms with Crippen LogP contribution >= 0.6 is 0 Å². The standard InChI is InChI=1S/C20H23NO4/c1-22-17-6-5-13(10-18(17)23-2)9-16-15-12-20(25-4)19(24-3)11-14(15)7-8-21-16/h5-6,9-12,21H,7-8H2,1-4H3/b16-9-. The fraction of sp³-hybridized carbons (Fsp3) is 0.300. The lowest BCUT2D eigenvalue weighted by Crippen LogP contribution is -2.22. The Kier molecular flexibility index (Phi) is 5.03. The zero-order chi connectivity index (χ0) is 17.8. The van der Waals surface area contributed by atoms with E-state index in [4.69, 9.17) is 18.9 Å². The Morgan fingerprint density at radius 2 is 1.44 bits per heavy atom. The summed E-state index contributed by atoms with van der Waals surface area (Å²) in [7, 11) is 6.58. The number of ether oxygens (including phenoxy) is 4. The van der Waals surface area contributed by atoms with Crippen molar-refractivity contribution in [1.29, 1.82) is 0 Å². The van der Waals surface area contributed by atoms with Gasteiger partial charge >= 0.3 is 0 Å². The molecular weight excluding hydrogens is 318 g/mol. The van der Waals surface area contributed by atoms with Crippen LogP contribution in [0.5, 0.6) is 23.0 Å². The molecular formula is C20H23NO4. The lowest BCUT2D eigenvalue weighted by molar-refractivity contribution is 0.354. The second-order valence-electron chi connectivity index (χ2n) is 5.71. The minimum Gasteiger partial charge on any atom is -0.493 e. The van der Waals surface area contributed by atoms with E-state index in [0.29, 0.717) is 11.5 Å². The average Bonchev–Trinajstić information content (AvgIpc) is 2.66. The first kappa shape index (κ1) is 17.0. The summed E-state index contributed by atoms with van der Waals surface area (Å²) in [5.74, 6) is 2.91. The molecule has 0 unspecified atom stereocenters. The molecule has 0 spiro atoms. The maximum absolute atomic E-state index is 5.45. The van der Waals surface area contributed by atoms with Crippen molar-refractivity contribution in [2.45, 2.75) is 6.42 Å². The van der Waals surface area contributed by atoms with Gasteiger partial charge in [0.1, 0.15) is 0 Å². The molecule has 0 radical (unpaired) electrons. The quantitative estimate of drug-likeness (QED) is 0.904. The van der Waals surface area contributed by atoms with Crippen LogP contribution in [-0.4, -0.2) is 35.0 Å². The molecule has 3 rings (SSSR count). The normalized spacial score (nSPS) is 14.5. The van der Waals surface area contributed by atoms with E-state index >= 15 is 0 Å². The Bertz CT molecular complexity index is 799. The van der Waals surface area contributed by atoms with E-state index in [9.17, 15) is 0 Å². The van der Waals surface area contributed by atoms with Gasteiger partial charge in [0.15, 0.2) is 23.0 Å². The zero-order valence-corrected chi connectivity index (χ0v) is 15.0. The Morgan fingerprint density at radius 3 is 2.12 bits per heavy atom. The van der Waals surface area contributed by atoms with E-state index in [1.54, 1.807) is 28.4 Å². The molecule has 2 aromatic carbocycles. The van der Waals surface area contributed by atoms with E-state index in [2.05, 4.69) is 17.5 Å². The Hall–Kier alpha value is -2.82. The summed E-state index contributed by atoms with van der Waals surface area (Å²) in [6, 6.07) is 9.95. The van der Waals surface area contributed by atoms with Gasteiger partial charge in [0.05, 0.1) is 28.4 Å². The third kappa shape index (κ3) is 3.36. The Labute approximate surface area is 148 Å². The number of fused-ring (bicyclic) bond motifs is 1. The molecule has 1 N–H and O–H groups in total. The molecule has 0 aromatic heterocycles. The van der Waals surface area contributed by atoms with Gasteiger partial charge in [-0.2, -0.15) is 0 Å². The molecule has 0 saturated carbocycles. The van der Waals surface area contributed by atoms with Gasteiger partial charge in [-0.25, -0.2) is 0 Å². The van der Waals surface area contributed by atoms with Crippen LogP contribution in [0.2, 0.25) is 0 Å². The van der Waals surface area contributed by atoms with Crippen molar-refractivity contribution >= 4 is 11.8 Å². The van der Waals surface area contributed by atoms with Gasteiger partial charge in [0, 0.05) is 17.8 Å². The van der Waals surface area contributed by atoms with Crippen LogP contribution in [0.15, 0.2) is 30.3 Å². The zero-order valence-electron chi connectivity index (χ0n) is 15.0. The molecule has 25 heavy (non-hydrogen) atoms. The van der Waals surface area contributed by atoms with Crippen LogP contribution < -0.4 is 24.3 Å².